The molecule has 3 aromatic carbocycles. The molecule has 3 aromatic rings. The number of carbonyl (C=O) groups is 2. The van der Waals surface area contributed by atoms with E-state index in [0.29, 0.717) is 35.1 Å². The number of carbonyl (C=O) groups excluding carboxylic acids is 2. The highest BCUT2D eigenvalue weighted by Gasteiger charge is 2.47. The number of anilines is 1. The van der Waals surface area contributed by atoms with Gasteiger partial charge in [-0.2, -0.15) is 0 Å². The Kier molecular flexibility index (Phi) is 6.89. The molecule has 34 heavy (non-hydrogen) atoms. The molecule has 1 amide bonds. The van der Waals surface area contributed by atoms with E-state index in [2.05, 4.69) is 29.8 Å². The summed E-state index contributed by atoms with van der Waals surface area (Å²) in [6.45, 7) is 6.63. The summed E-state index contributed by atoms with van der Waals surface area (Å²) in [4.78, 5) is 28.0. The Hall–Kier alpha value is -3.38. The number of nitrogens with zero attached hydrogens (tertiary/aromatic N) is 1. The molecule has 1 unspecified atom stereocenters. The van der Waals surface area contributed by atoms with Gasteiger partial charge in [-0.3, -0.25) is 14.5 Å². The van der Waals surface area contributed by atoms with Crippen molar-refractivity contribution in [2.45, 2.75) is 32.7 Å². The van der Waals surface area contributed by atoms with Gasteiger partial charge < -0.3 is 9.84 Å². The van der Waals surface area contributed by atoms with Gasteiger partial charge in [0.25, 0.3) is 11.7 Å². The first-order valence-electron chi connectivity index (χ1n) is 11.2. The summed E-state index contributed by atoms with van der Waals surface area (Å²) < 4.78 is 6.40. The first-order chi connectivity index (χ1) is 16.3. The number of rotatable bonds is 6. The molecule has 174 valence electrons. The lowest BCUT2D eigenvalue weighted by atomic mass is 9.95. The van der Waals surface area contributed by atoms with Crippen molar-refractivity contribution in [1.29, 1.82) is 0 Å². The zero-order valence-electron chi connectivity index (χ0n) is 19.3. The second-order valence-corrected chi connectivity index (χ2v) is 9.34. The van der Waals surface area contributed by atoms with E-state index in [1.807, 2.05) is 43.3 Å². The largest absolute Gasteiger partial charge is 0.507 e. The van der Waals surface area contributed by atoms with Gasteiger partial charge in [-0.25, -0.2) is 0 Å². The molecule has 1 heterocycles. The molecule has 1 atom stereocenters. The standard InChI is InChI=1S/C28H26BrNO4/c1-4-34-23-15-9-19(10-16-23)25-24(26(31)20-5-11-21(29)12-6-20)27(32)28(33)30(25)22-13-7-18(8-14-22)17(2)3/h5-17,25,31H,4H2,1-3H3/b26-24+. The summed E-state index contributed by atoms with van der Waals surface area (Å²) in [5, 5.41) is 11.2. The number of aliphatic hydroxyl groups is 1. The van der Waals surface area contributed by atoms with Crippen molar-refractivity contribution < 1.29 is 19.4 Å². The Balaban J connectivity index is 1.87. The third-order valence-electron chi connectivity index (χ3n) is 5.91. The van der Waals surface area contributed by atoms with Crippen molar-refractivity contribution in [1.82, 2.24) is 0 Å². The van der Waals surface area contributed by atoms with Crippen LogP contribution in [0, 0.1) is 0 Å². The average molecular weight is 520 g/mol. The maximum absolute atomic E-state index is 13.3. The van der Waals surface area contributed by atoms with E-state index < -0.39 is 17.7 Å². The van der Waals surface area contributed by atoms with Gasteiger partial charge in [0.15, 0.2) is 0 Å². The molecule has 0 aliphatic carbocycles. The highest BCUT2D eigenvalue weighted by atomic mass is 79.9. The number of aliphatic hydroxyl groups excluding tert-OH is 1. The Morgan fingerprint density at radius 2 is 1.59 bits per heavy atom. The smallest absolute Gasteiger partial charge is 0.300 e. The minimum Gasteiger partial charge on any atom is -0.507 e. The zero-order chi connectivity index (χ0) is 24.4. The maximum Gasteiger partial charge on any atom is 0.300 e. The van der Waals surface area contributed by atoms with Gasteiger partial charge >= 0.3 is 0 Å². The average Bonchev–Trinajstić information content (AvgIpc) is 3.10. The number of benzene rings is 3. The van der Waals surface area contributed by atoms with Crippen LogP contribution in [0.25, 0.3) is 5.76 Å². The van der Waals surface area contributed by atoms with E-state index in [4.69, 9.17) is 4.74 Å². The second-order valence-electron chi connectivity index (χ2n) is 8.42. The lowest BCUT2D eigenvalue weighted by molar-refractivity contribution is -0.132. The van der Waals surface area contributed by atoms with Gasteiger partial charge in [-0.05, 0) is 60.4 Å². The third-order valence-corrected chi connectivity index (χ3v) is 6.44. The van der Waals surface area contributed by atoms with Crippen LogP contribution >= 0.6 is 15.9 Å². The monoisotopic (exact) mass is 519 g/mol. The van der Waals surface area contributed by atoms with E-state index in [9.17, 15) is 14.7 Å². The molecule has 1 aliphatic rings. The lowest BCUT2D eigenvalue weighted by Gasteiger charge is -2.26. The summed E-state index contributed by atoms with van der Waals surface area (Å²) in [6, 6.07) is 21.1. The fourth-order valence-electron chi connectivity index (χ4n) is 4.11. The van der Waals surface area contributed by atoms with Crippen molar-refractivity contribution >= 4 is 39.1 Å². The minimum absolute atomic E-state index is 0.0596. The first-order valence-corrected chi connectivity index (χ1v) is 12.0. The van der Waals surface area contributed by atoms with Crippen LogP contribution in [0.2, 0.25) is 0 Å². The van der Waals surface area contributed by atoms with E-state index in [-0.39, 0.29) is 11.3 Å². The summed E-state index contributed by atoms with van der Waals surface area (Å²) in [5.74, 6) is -0.561. The molecule has 4 rings (SSSR count). The van der Waals surface area contributed by atoms with Gasteiger partial charge in [0.05, 0.1) is 18.2 Å². The van der Waals surface area contributed by atoms with E-state index in [0.717, 1.165) is 10.0 Å². The molecule has 5 nitrogen and oxygen atoms in total. The number of amides is 1. The quantitative estimate of drug-likeness (QED) is 0.226. The number of halogens is 1. The normalized spacial score (nSPS) is 17.4. The molecule has 0 saturated carbocycles. The number of Topliss-reactive ketones (excluding diaryl/α,β-unsaturated/α-hetero) is 1. The Labute approximate surface area is 207 Å². The predicted octanol–water partition coefficient (Wildman–Crippen LogP) is 6.60. The number of ether oxygens (including phenoxy) is 1. The highest BCUT2D eigenvalue weighted by molar-refractivity contribution is 9.10. The Bertz CT molecular complexity index is 1230. The fraction of sp³-hybridized carbons (Fsp3) is 0.214. The van der Waals surface area contributed by atoms with Crippen molar-refractivity contribution in [3.8, 4) is 5.75 Å². The van der Waals surface area contributed by atoms with E-state index >= 15 is 0 Å². The van der Waals surface area contributed by atoms with Crippen molar-refractivity contribution in [2.24, 2.45) is 0 Å². The van der Waals surface area contributed by atoms with Crippen LogP contribution in [-0.4, -0.2) is 23.4 Å². The minimum atomic E-state index is -0.774. The summed E-state index contributed by atoms with van der Waals surface area (Å²) >= 11 is 3.38. The van der Waals surface area contributed by atoms with Crippen LogP contribution in [0.15, 0.2) is 82.8 Å². The van der Waals surface area contributed by atoms with Crippen LogP contribution in [0.1, 0.15) is 49.4 Å². The van der Waals surface area contributed by atoms with Gasteiger partial charge in [0.1, 0.15) is 11.5 Å². The number of hydrogen-bond acceptors (Lipinski definition) is 4. The number of ketones is 1. The molecule has 1 N–H and O–H groups in total. The van der Waals surface area contributed by atoms with Gasteiger partial charge in [-0.1, -0.05) is 66.2 Å². The molecule has 6 heteroatoms. The molecule has 1 aliphatic heterocycles. The molecular weight excluding hydrogens is 494 g/mol. The van der Waals surface area contributed by atoms with Crippen LogP contribution < -0.4 is 9.64 Å². The van der Waals surface area contributed by atoms with Crippen molar-refractivity contribution in [2.75, 3.05) is 11.5 Å². The molecular formula is C28H26BrNO4. The highest BCUT2D eigenvalue weighted by Crippen LogP contribution is 2.42. The first kappa shape index (κ1) is 23.8. The number of hydrogen-bond donors (Lipinski definition) is 1. The molecule has 0 radical (unpaired) electrons. The summed E-state index contributed by atoms with van der Waals surface area (Å²) in [7, 11) is 0. The molecule has 0 bridgehead atoms. The SMILES string of the molecule is CCOc1ccc(C2/C(=C(\O)c3ccc(Br)cc3)C(=O)C(=O)N2c2ccc(C(C)C)cc2)cc1. The lowest BCUT2D eigenvalue weighted by Crippen LogP contribution is -2.29. The van der Waals surface area contributed by atoms with Gasteiger partial charge in [-0.15, -0.1) is 0 Å². The van der Waals surface area contributed by atoms with Crippen LogP contribution in [-0.2, 0) is 9.59 Å². The fourth-order valence-corrected chi connectivity index (χ4v) is 4.37. The van der Waals surface area contributed by atoms with Gasteiger partial charge in [0.2, 0.25) is 0 Å². The van der Waals surface area contributed by atoms with E-state index in [1.54, 1.807) is 36.4 Å². The molecule has 1 fully saturated rings. The molecule has 1 saturated heterocycles. The van der Waals surface area contributed by atoms with Crippen LogP contribution in [0.4, 0.5) is 5.69 Å². The predicted molar refractivity (Wildman–Crippen MR) is 137 cm³/mol. The summed E-state index contributed by atoms with van der Waals surface area (Å²) in [5.41, 5.74) is 2.96. The summed E-state index contributed by atoms with van der Waals surface area (Å²) in [6.07, 6.45) is 0. The van der Waals surface area contributed by atoms with Crippen molar-refractivity contribution in [3.63, 3.8) is 0 Å². The van der Waals surface area contributed by atoms with E-state index in [1.165, 1.54) is 4.90 Å². The third kappa shape index (κ3) is 4.50. The Morgan fingerprint density at radius 3 is 2.15 bits per heavy atom. The van der Waals surface area contributed by atoms with Gasteiger partial charge in [0, 0.05) is 15.7 Å². The van der Waals surface area contributed by atoms with Crippen LogP contribution in [0.5, 0.6) is 5.75 Å². The molecule has 0 spiro atoms. The van der Waals surface area contributed by atoms with Crippen LogP contribution in [0.3, 0.4) is 0 Å². The second kappa shape index (κ2) is 9.85. The Morgan fingerprint density at radius 1 is 0.971 bits per heavy atom. The zero-order valence-corrected chi connectivity index (χ0v) is 20.9. The maximum atomic E-state index is 13.3. The molecule has 0 aromatic heterocycles. The topological polar surface area (TPSA) is 66.8 Å². The van der Waals surface area contributed by atoms with Crippen molar-refractivity contribution in [3.05, 3.63) is 99.5 Å².